The lowest BCUT2D eigenvalue weighted by molar-refractivity contribution is -0.274. The molecule has 0 saturated heterocycles. The minimum absolute atomic E-state index is 0.250. The summed E-state index contributed by atoms with van der Waals surface area (Å²) in [4.78, 5) is 25.2. The van der Waals surface area contributed by atoms with E-state index in [4.69, 9.17) is 0 Å². The highest BCUT2D eigenvalue weighted by atomic mass is 19.4. The molecule has 0 aliphatic rings. The van der Waals surface area contributed by atoms with Crippen LogP contribution in [0, 0.1) is 0 Å². The summed E-state index contributed by atoms with van der Waals surface area (Å²) in [5.41, 5.74) is 0.209. The Morgan fingerprint density at radius 1 is 1.18 bits per heavy atom. The highest BCUT2D eigenvalue weighted by Crippen LogP contribution is 2.24. The molecule has 0 saturated carbocycles. The number of carbonyl (C=O) groups is 1. The van der Waals surface area contributed by atoms with Crippen molar-refractivity contribution in [3.05, 3.63) is 58.9 Å². The fraction of sp³-hybridized carbons (Fsp3) is 0.222. The van der Waals surface area contributed by atoms with Gasteiger partial charge in [-0.3, -0.25) is 9.59 Å². The van der Waals surface area contributed by atoms with Crippen LogP contribution in [-0.4, -0.2) is 27.3 Å². The van der Waals surface area contributed by atoms with Crippen molar-refractivity contribution in [1.29, 1.82) is 0 Å². The molecule has 1 heterocycles. The van der Waals surface area contributed by atoms with Gasteiger partial charge in [-0.2, -0.15) is 4.68 Å². The lowest BCUT2D eigenvalue weighted by Gasteiger charge is -2.16. The fourth-order valence-corrected chi connectivity index (χ4v) is 2.64. The molecule has 10 heteroatoms. The molecule has 0 aliphatic carbocycles. The minimum atomic E-state index is -4.80. The lowest BCUT2D eigenvalue weighted by atomic mass is 10.2. The van der Waals surface area contributed by atoms with Crippen LogP contribution < -0.4 is 15.6 Å². The Kier molecular flexibility index (Phi) is 5.30. The summed E-state index contributed by atoms with van der Waals surface area (Å²) in [7, 11) is 0. The first-order valence-corrected chi connectivity index (χ1v) is 8.29. The summed E-state index contributed by atoms with van der Waals surface area (Å²) in [6.07, 6.45) is -4.54. The van der Waals surface area contributed by atoms with Crippen molar-refractivity contribution >= 4 is 22.5 Å². The highest BCUT2D eigenvalue weighted by Gasteiger charge is 2.31. The van der Waals surface area contributed by atoms with Gasteiger partial charge in [0.05, 0.1) is 5.39 Å². The number of hydrogen-bond donors (Lipinski definition) is 1. The Bertz CT molecular complexity index is 1050. The van der Waals surface area contributed by atoms with Gasteiger partial charge in [0.2, 0.25) is 5.91 Å². The first-order chi connectivity index (χ1) is 13.3. The van der Waals surface area contributed by atoms with Crippen molar-refractivity contribution in [2.45, 2.75) is 25.7 Å². The molecule has 0 unspecified atom stereocenters. The number of benzene rings is 2. The average molecular weight is 392 g/mol. The number of anilines is 1. The van der Waals surface area contributed by atoms with Gasteiger partial charge in [-0.1, -0.05) is 24.3 Å². The number of fused-ring (bicyclic) bond motifs is 1. The van der Waals surface area contributed by atoms with Gasteiger partial charge in [-0.25, -0.2) is 0 Å². The molecular weight excluding hydrogens is 377 g/mol. The number of aromatic nitrogens is 3. The number of nitrogens with zero attached hydrogens (tertiary/aromatic N) is 3. The third-order valence-corrected chi connectivity index (χ3v) is 3.93. The summed E-state index contributed by atoms with van der Waals surface area (Å²) < 4.78 is 41.4. The molecule has 0 aliphatic heterocycles. The van der Waals surface area contributed by atoms with Gasteiger partial charge < -0.3 is 10.1 Å². The molecule has 146 valence electrons. The van der Waals surface area contributed by atoms with Gasteiger partial charge >= 0.3 is 6.36 Å². The molecule has 1 aromatic heterocycles. The summed E-state index contributed by atoms with van der Waals surface area (Å²) in [6, 6.07) is 10.4. The van der Waals surface area contributed by atoms with E-state index in [9.17, 15) is 22.8 Å². The van der Waals surface area contributed by atoms with E-state index in [-0.39, 0.29) is 12.1 Å². The van der Waals surface area contributed by atoms with Crippen LogP contribution in [0.25, 0.3) is 10.9 Å². The van der Waals surface area contributed by atoms with Gasteiger partial charge in [0, 0.05) is 5.69 Å². The van der Waals surface area contributed by atoms with E-state index in [1.54, 1.807) is 31.2 Å². The van der Waals surface area contributed by atoms with Gasteiger partial charge in [0.1, 0.15) is 17.3 Å². The summed E-state index contributed by atoms with van der Waals surface area (Å²) >= 11 is 0. The Labute approximate surface area is 156 Å². The fourth-order valence-electron chi connectivity index (χ4n) is 2.64. The van der Waals surface area contributed by atoms with Crippen molar-refractivity contribution in [3.8, 4) is 5.75 Å². The monoisotopic (exact) mass is 392 g/mol. The molecule has 0 fully saturated rings. The Balaban J connectivity index is 1.81. The Hall–Kier alpha value is -3.43. The van der Waals surface area contributed by atoms with Crippen LogP contribution in [0.15, 0.2) is 53.3 Å². The zero-order valence-electron chi connectivity index (χ0n) is 14.6. The molecule has 3 rings (SSSR count). The van der Waals surface area contributed by atoms with Crippen molar-refractivity contribution in [1.82, 2.24) is 15.0 Å². The average Bonchev–Trinajstić information content (AvgIpc) is 2.65. The van der Waals surface area contributed by atoms with Crippen molar-refractivity contribution in [2.75, 3.05) is 5.32 Å². The van der Waals surface area contributed by atoms with Crippen LogP contribution in [0.2, 0.25) is 0 Å². The predicted octanol–water partition coefficient (Wildman–Crippen LogP) is 3.28. The molecule has 1 amide bonds. The SMILES string of the molecule is CC[C@H](C(=O)Nc1ccc(OC(F)(F)F)cc1)n1nnc2ccccc2c1=O. The number of halogens is 3. The van der Waals surface area contributed by atoms with Gasteiger partial charge in [0.25, 0.3) is 5.56 Å². The van der Waals surface area contributed by atoms with E-state index >= 15 is 0 Å². The molecule has 0 radical (unpaired) electrons. The number of alkyl halides is 3. The Morgan fingerprint density at radius 3 is 2.50 bits per heavy atom. The van der Waals surface area contributed by atoms with E-state index in [1.807, 2.05) is 0 Å². The zero-order valence-corrected chi connectivity index (χ0v) is 14.6. The van der Waals surface area contributed by atoms with E-state index in [0.717, 1.165) is 16.8 Å². The first-order valence-electron chi connectivity index (χ1n) is 8.29. The third-order valence-electron chi connectivity index (χ3n) is 3.93. The van der Waals surface area contributed by atoms with Gasteiger partial charge in [-0.05, 0) is 42.8 Å². The van der Waals surface area contributed by atoms with E-state index in [0.29, 0.717) is 10.9 Å². The number of carbonyl (C=O) groups excluding carboxylic acids is 1. The molecule has 1 atom stereocenters. The summed E-state index contributed by atoms with van der Waals surface area (Å²) in [5.74, 6) is -0.951. The maximum absolute atomic E-state index is 12.6. The van der Waals surface area contributed by atoms with Crippen LogP contribution in [-0.2, 0) is 4.79 Å². The highest BCUT2D eigenvalue weighted by molar-refractivity contribution is 5.93. The number of hydrogen-bond acceptors (Lipinski definition) is 5. The number of amides is 1. The second-order valence-electron chi connectivity index (χ2n) is 5.84. The van der Waals surface area contributed by atoms with Crippen LogP contribution in [0.5, 0.6) is 5.75 Å². The molecule has 28 heavy (non-hydrogen) atoms. The molecule has 3 aromatic rings. The number of rotatable bonds is 5. The molecule has 2 aromatic carbocycles. The quantitative estimate of drug-likeness (QED) is 0.720. The van der Waals surface area contributed by atoms with E-state index in [1.165, 1.54) is 12.1 Å². The van der Waals surface area contributed by atoms with Crippen LogP contribution in [0.4, 0.5) is 18.9 Å². The molecule has 1 N–H and O–H groups in total. The number of nitrogens with one attached hydrogen (secondary N) is 1. The number of ether oxygens (including phenoxy) is 1. The van der Waals surface area contributed by atoms with Crippen molar-refractivity contribution in [3.63, 3.8) is 0 Å². The van der Waals surface area contributed by atoms with E-state index in [2.05, 4.69) is 20.4 Å². The zero-order chi connectivity index (χ0) is 20.3. The molecule has 7 nitrogen and oxygen atoms in total. The first kappa shape index (κ1) is 19.3. The van der Waals surface area contributed by atoms with Crippen LogP contribution >= 0.6 is 0 Å². The maximum atomic E-state index is 12.6. The smallest absolute Gasteiger partial charge is 0.406 e. The van der Waals surface area contributed by atoms with E-state index < -0.39 is 29.6 Å². The van der Waals surface area contributed by atoms with Gasteiger partial charge in [0.15, 0.2) is 0 Å². The van der Waals surface area contributed by atoms with Crippen LogP contribution in [0.1, 0.15) is 19.4 Å². The third kappa shape index (κ3) is 4.27. The topological polar surface area (TPSA) is 86.1 Å². The van der Waals surface area contributed by atoms with Crippen molar-refractivity contribution in [2.24, 2.45) is 0 Å². The van der Waals surface area contributed by atoms with Crippen molar-refractivity contribution < 1.29 is 22.7 Å². The maximum Gasteiger partial charge on any atom is 0.573 e. The largest absolute Gasteiger partial charge is 0.573 e. The predicted molar refractivity (Wildman–Crippen MR) is 94.9 cm³/mol. The summed E-state index contributed by atoms with van der Waals surface area (Å²) in [6.45, 7) is 1.70. The van der Waals surface area contributed by atoms with Crippen LogP contribution in [0.3, 0.4) is 0 Å². The normalized spacial score (nSPS) is 12.6. The minimum Gasteiger partial charge on any atom is -0.406 e. The second kappa shape index (κ2) is 7.67. The second-order valence-corrected chi connectivity index (χ2v) is 5.84. The standard InChI is InChI=1S/C18H15F3N4O3/c1-2-15(25-17(27)13-5-3-4-6-14(13)23-24-25)16(26)22-11-7-9-12(10-8-11)28-18(19,20)21/h3-10,15H,2H2,1H3,(H,22,26)/t15-/m1/s1. The summed E-state index contributed by atoms with van der Waals surface area (Å²) in [5, 5.41) is 10.7. The molecule has 0 bridgehead atoms. The Morgan fingerprint density at radius 2 is 1.86 bits per heavy atom. The molecule has 0 spiro atoms. The lowest BCUT2D eigenvalue weighted by Crippen LogP contribution is -2.35. The molecular formula is C18H15F3N4O3. The van der Waals surface area contributed by atoms with Gasteiger partial charge in [-0.15, -0.1) is 18.3 Å².